The Morgan fingerprint density at radius 2 is 1.95 bits per heavy atom. The molecular weight excluding hydrogens is 276 g/mol. The van der Waals surface area contributed by atoms with Gasteiger partial charge in [-0.3, -0.25) is 9.71 Å². The summed E-state index contributed by atoms with van der Waals surface area (Å²) in [7, 11) is -1.77. The number of aromatic nitrogens is 1. The van der Waals surface area contributed by atoms with Crippen molar-refractivity contribution in [2.75, 3.05) is 17.6 Å². The molecule has 0 radical (unpaired) electrons. The van der Waals surface area contributed by atoms with E-state index in [1.54, 1.807) is 32.5 Å². The van der Waals surface area contributed by atoms with Crippen molar-refractivity contribution in [3.05, 3.63) is 42.7 Å². The predicted molar refractivity (Wildman–Crippen MR) is 79.3 cm³/mol. The second-order valence-corrected chi connectivity index (χ2v) is 6.14. The van der Waals surface area contributed by atoms with Gasteiger partial charge in [-0.1, -0.05) is 18.2 Å². The Hall–Kier alpha value is -2.08. The van der Waals surface area contributed by atoms with E-state index in [0.29, 0.717) is 17.0 Å². The summed E-state index contributed by atoms with van der Waals surface area (Å²) in [5.41, 5.74) is 1.96. The predicted octanol–water partition coefficient (Wildman–Crippen LogP) is 2.52. The Morgan fingerprint density at radius 1 is 1.20 bits per heavy atom. The number of benzene rings is 1. The largest absolute Gasteiger partial charge is 0.496 e. The van der Waals surface area contributed by atoms with Gasteiger partial charge in [-0.25, -0.2) is 8.42 Å². The van der Waals surface area contributed by atoms with Gasteiger partial charge < -0.3 is 4.74 Å². The van der Waals surface area contributed by atoms with Gasteiger partial charge in [0, 0.05) is 23.5 Å². The minimum atomic E-state index is -3.34. The summed E-state index contributed by atoms with van der Waals surface area (Å²) >= 11 is 0. The molecule has 0 aliphatic rings. The quantitative estimate of drug-likeness (QED) is 0.919. The summed E-state index contributed by atoms with van der Waals surface area (Å²) in [6, 6.07) is 9.03. The fraction of sp³-hybridized carbons (Fsp3) is 0.214. The van der Waals surface area contributed by atoms with E-state index in [4.69, 9.17) is 4.74 Å². The summed E-state index contributed by atoms with van der Waals surface area (Å²) < 4.78 is 31.4. The topological polar surface area (TPSA) is 68.3 Å². The summed E-state index contributed by atoms with van der Waals surface area (Å²) in [5.74, 6) is 0.679. The molecule has 1 heterocycles. The van der Waals surface area contributed by atoms with Gasteiger partial charge >= 0.3 is 0 Å². The lowest BCUT2D eigenvalue weighted by Crippen LogP contribution is -2.15. The third-order valence-corrected chi connectivity index (χ3v) is 4.15. The fourth-order valence-electron chi connectivity index (χ4n) is 1.80. The number of hydrogen-bond acceptors (Lipinski definition) is 4. The number of ether oxygens (including phenoxy) is 1. The number of nitrogens with one attached hydrogen (secondary N) is 1. The van der Waals surface area contributed by atoms with Crippen LogP contribution in [0.4, 0.5) is 5.69 Å². The number of nitrogens with zero attached hydrogens (tertiary/aromatic N) is 1. The van der Waals surface area contributed by atoms with E-state index in [0.717, 1.165) is 5.56 Å². The number of para-hydroxylation sites is 1. The minimum Gasteiger partial charge on any atom is -0.496 e. The van der Waals surface area contributed by atoms with E-state index in [-0.39, 0.29) is 5.75 Å². The Labute approximate surface area is 118 Å². The van der Waals surface area contributed by atoms with Crippen molar-refractivity contribution >= 4 is 15.7 Å². The van der Waals surface area contributed by atoms with Crippen LogP contribution in [0.25, 0.3) is 11.1 Å². The summed E-state index contributed by atoms with van der Waals surface area (Å²) in [6.07, 6.45) is 3.16. The first-order chi connectivity index (χ1) is 9.57. The maximum Gasteiger partial charge on any atom is 0.232 e. The Bertz CT molecular complexity index is 699. The molecule has 0 saturated carbocycles. The zero-order valence-electron chi connectivity index (χ0n) is 11.3. The van der Waals surface area contributed by atoms with Gasteiger partial charge in [0.05, 0.1) is 18.6 Å². The molecular formula is C14H16N2O3S. The molecule has 0 aliphatic heterocycles. The van der Waals surface area contributed by atoms with E-state index in [2.05, 4.69) is 9.71 Å². The van der Waals surface area contributed by atoms with Gasteiger partial charge in [-0.15, -0.1) is 0 Å². The maximum absolute atomic E-state index is 11.7. The average Bonchev–Trinajstić information content (AvgIpc) is 2.47. The molecule has 0 aliphatic carbocycles. The number of anilines is 1. The SMILES string of the molecule is CCS(=O)(=O)Nc1ccncc1-c1ccccc1OC. The molecule has 106 valence electrons. The van der Waals surface area contributed by atoms with Gasteiger partial charge in [-0.05, 0) is 19.1 Å². The van der Waals surface area contributed by atoms with Crippen LogP contribution in [0.1, 0.15) is 6.92 Å². The van der Waals surface area contributed by atoms with Crippen LogP contribution in [0.3, 0.4) is 0 Å². The van der Waals surface area contributed by atoms with Crippen molar-refractivity contribution in [3.63, 3.8) is 0 Å². The maximum atomic E-state index is 11.7. The van der Waals surface area contributed by atoms with Crippen LogP contribution in [0, 0.1) is 0 Å². The van der Waals surface area contributed by atoms with Crippen molar-refractivity contribution in [3.8, 4) is 16.9 Å². The zero-order chi connectivity index (χ0) is 14.6. The molecule has 0 fully saturated rings. The highest BCUT2D eigenvalue weighted by Crippen LogP contribution is 2.34. The highest BCUT2D eigenvalue weighted by molar-refractivity contribution is 7.92. The van der Waals surface area contributed by atoms with Gasteiger partial charge in [-0.2, -0.15) is 0 Å². The van der Waals surface area contributed by atoms with Crippen LogP contribution >= 0.6 is 0 Å². The number of rotatable bonds is 5. The standard InChI is InChI=1S/C14H16N2O3S/c1-3-20(17,18)16-13-8-9-15-10-12(13)11-6-4-5-7-14(11)19-2/h4-10H,3H2,1-2H3,(H,15,16). The van der Waals surface area contributed by atoms with Crippen LogP contribution in [0.15, 0.2) is 42.7 Å². The molecule has 0 amide bonds. The molecule has 5 nitrogen and oxygen atoms in total. The monoisotopic (exact) mass is 292 g/mol. The molecule has 0 atom stereocenters. The Kier molecular flexibility index (Phi) is 4.24. The van der Waals surface area contributed by atoms with Crippen LogP contribution in [0.2, 0.25) is 0 Å². The highest BCUT2D eigenvalue weighted by atomic mass is 32.2. The molecule has 0 bridgehead atoms. The molecule has 0 unspecified atom stereocenters. The number of hydrogen-bond donors (Lipinski definition) is 1. The number of methoxy groups -OCH3 is 1. The molecule has 0 spiro atoms. The second-order valence-electron chi connectivity index (χ2n) is 4.13. The molecule has 1 N–H and O–H groups in total. The lowest BCUT2D eigenvalue weighted by Gasteiger charge is -2.13. The summed E-state index contributed by atoms with van der Waals surface area (Å²) in [5, 5.41) is 0. The van der Waals surface area contributed by atoms with Crippen molar-refractivity contribution in [1.29, 1.82) is 0 Å². The van der Waals surface area contributed by atoms with Gasteiger partial charge in [0.15, 0.2) is 0 Å². The van der Waals surface area contributed by atoms with E-state index in [1.807, 2.05) is 24.3 Å². The van der Waals surface area contributed by atoms with E-state index < -0.39 is 10.0 Å². The fourth-order valence-corrected chi connectivity index (χ4v) is 2.46. The van der Waals surface area contributed by atoms with Crippen LogP contribution in [0.5, 0.6) is 5.75 Å². The van der Waals surface area contributed by atoms with Gasteiger partial charge in [0.25, 0.3) is 0 Å². The van der Waals surface area contributed by atoms with Crippen LogP contribution in [-0.2, 0) is 10.0 Å². The first kappa shape index (κ1) is 14.3. The first-order valence-electron chi connectivity index (χ1n) is 6.15. The smallest absolute Gasteiger partial charge is 0.232 e. The lowest BCUT2D eigenvalue weighted by atomic mass is 10.1. The molecule has 2 aromatic rings. The van der Waals surface area contributed by atoms with E-state index in [9.17, 15) is 8.42 Å². The van der Waals surface area contributed by atoms with E-state index in [1.165, 1.54) is 0 Å². The molecule has 20 heavy (non-hydrogen) atoms. The van der Waals surface area contributed by atoms with Crippen molar-refractivity contribution in [2.24, 2.45) is 0 Å². The molecule has 1 aromatic carbocycles. The van der Waals surface area contributed by atoms with Gasteiger partial charge in [0.2, 0.25) is 10.0 Å². The van der Waals surface area contributed by atoms with Crippen molar-refractivity contribution in [1.82, 2.24) is 4.98 Å². The first-order valence-corrected chi connectivity index (χ1v) is 7.80. The Morgan fingerprint density at radius 3 is 2.65 bits per heavy atom. The van der Waals surface area contributed by atoms with Gasteiger partial charge in [0.1, 0.15) is 5.75 Å². The minimum absolute atomic E-state index is 0.0146. The average molecular weight is 292 g/mol. The van der Waals surface area contributed by atoms with Crippen molar-refractivity contribution < 1.29 is 13.2 Å². The third kappa shape index (κ3) is 3.08. The molecule has 1 aromatic heterocycles. The number of sulfonamides is 1. The number of pyridine rings is 1. The molecule has 2 rings (SSSR count). The summed E-state index contributed by atoms with van der Waals surface area (Å²) in [6.45, 7) is 1.59. The van der Waals surface area contributed by atoms with Crippen LogP contribution < -0.4 is 9.46 Å². The third-order valence-electron chi connectivity index (χ3n) is 2.86. The summed E-state index contributed by atoms with van der Waals surface area (Å²) in [4.78, 5) is 4.06. The second kappa shape index (κ2) is 5.92. The highest BCUT2D eigenvalue weighted by Gasteiger charge is 2.14. The Balaban J connectivity index is 2.53. The normalized spacial score (nSPS) is 11.1. The van der Waals surface area contributed by atoms with Crippen molar-refractivity contribution in [2.45, 2.75) is 6.92 Å². The molecule has 6 heteroatoms. The lowest BCUT2D eigenvalue weighted by molar-refractivity contribution is 0.416. The zero-order valence-corrected chi connectivity index (χ0v) is 12.1. The van der Waals surface area contributed by atoms with E-state index >= 15 is 0 Å². The van der Waals surface area contributed by atoms with Crippen LogP contribution in [-0.4, -0.2) is 26.3 Å². The molecule has 0 saturated heterocycles.